The number of hydrazine groups is 1. The highest BCUT2D eigenvalue weighted by atomic mass is 19.1. The molecule has 22 heavy (non-hydrogen) atoms. The van der Waals surface area contributed by atoms with Gasteiger partial charge in [0.15, 0.2) is 0 Å². The summed E-state index contributed by atoms with van der Waals surface area (Å²) in [6.45, 7) is 5.59. The molecule has 2 heterocycles. The van der Waals surface area contributed by atoms with Crippen LogP contribution in [-0.2, 0) is 6.54 Å². The Bertz CT molecular complexity index is 595. The topological polar surface area (TPSA) is 53.9 Å². The van der Waals surface area contributed by atoms with Crippen LogP contribution in [0.15, 0.2) is 36.7 Å². The van der Waals surface area contributed by atoms with Gasteiger partial charge in [0.05, 0.1) is 18.8 Å². The zero-order chi connectivity index (χ0) is 15.4. The van der Waals surface area contributed by atoms with Crippen LogP contribution in [-0.4, -0.2) is 29.4 Å². The lowest BCUT2D eigenvalue weighted by atomic mass is 9.95. The Morgan fingerprint density at radius 3 is 2.91 bits per heavy atom. The molecule has 3 rings (SSSR count). The number of hydrogen-bond acceptors (Lipinski definition) is 4. The van der Waals surface area contributed by atoms with Gasteiger partial charge in [0.2, 0.25) is 0 Å². The molecule has 2 unspecified atom stereocenters. The minimum Gasteiger partial charge on any atom is -0.314 e. The molecule has 1 fully saturated rings. The summed E-state index contributed by atoms with van der Waals surface area (Å²) in [4.78, 5) is 0. The van der Waals surface area contributed by atoms with E-state index in [4.69, 9.17) is 0 Å². The fraction of sp³-hybridized carbons (Fsp3) is 0.438. The molecule has 1 saturated heterocycles. The minimum atomic E-state index is -0.195. The molecule has 0 aliphatic carbocycles. The molecular weight excluding hydrogens is 281 g/mol. The highest BCUT2D eigenvalue weighted by Crippen LogP contribution is 2.24. The van der Waals surface area contributed by atoms with E-state index in [1.54, 1.807) is 0 Å². The van der Waals surface area contributed by atoms with Crippen molar-refractivity contribution in [3.63, 3.8) is 0 Å². The zero-order valence-electron chi connectivity index (χ0n) is 12.7. The molecule has 1 aromatic heterocycles. The van der Waals surface area contributed by atoms with Crippen LogP contribution in [0.25, 0.3) is 0 Å². The predicted octanol–water partition coefficient (Wildman–Crippen LogP) is 1.39. The molecule has 0 spiro atoms. The number of nitrogens with zero attached hydrogens (tertiary/aromatic N) is 2. The quantitative estimate of drug-likeness (QED) is 0.706. The van der Waals surface area contributed by atoms with Gasteiger partial charge in [-0.15, -0.1) is 0 Å². The summed E-state index contributed by atoms with van der Waals surface area (Å²) < 4.78 is 15.0. The highest BCUT2D eigenvalue weighted by Gasteiger charge is 2.27. The average molecular weight is 303 g/mol. The number of aryl methyl sites for hydroxylation is 1. The van der Waals surface area contributed by atoms with Crippen LogP contribution in [0.2, 0.25) is 0 Å². The summed E-state index contributed by atoms with van der Waals surface area (Å²) in [5, 5.41) is 7.75. The molecule has 2 aromatic rings. The van der Waals surface area contributed by atoms with Crippen molar-refractivity contribution in [1.82, 2.24) is 25.9 Å². The van der Waals surface area contributed by atoms with E-state index in [-0.39, 0.29) is 11.9 Å². The van der Waals surface area contributed by atoms with Gasteiger partial charge in [-0.1, -0.05) is 12.1 Å². The second kappa shape index (κ2) is 7.00. The Hall–Kier alpha value is -1.76. The second-order valence-corrected chi connectivity index (χ2v) is 5.80. The number of halogens is 1. The van der Waals surface area contributed by atoms with E-state index < -0.39 is 0 Å². The van der Waals surface area contributed by atoms with Gasteiger partial charge in [0.1, 0.15) is 5.82 Å². The molecule has 1 aliphatic heterocycles. The highest BCUT2D eigenvalue weighted by molar-refractivity contribution is 5.21. The Morgan fingerprint density at radius 2 is 2.18 bits per heavy atom. The maximum atomic E-state index is 13.0. The summed E-state index contributed by atoms with van der Waals surface area (Å²) in [6, 6.07) is 6.93. The maximum Gasteiger partial charge on any atom is 0.123 e. The molecule has 6 heteroatoms. The second-order valence-electron chi connectivity index (χ2n) is 5.80. The van der Waals surface area contributed by atoms with Crippen molar-refractivity contribution in [2.24, 2.45) is 5.92 Å². The van der Waals surface area contributed by atoms with Gasteiger partial charge >= 0.3 is 0 Å². The van der Waals surface area contributed by atoms with Crippen molar-refractivity contribution >= 4 is 0 Å². The van der Waals surface area contributed by atoms with Crippen LogP contribution in [0.5, 0.6) is 0 Å². The van der Waals surface area contributed by atoms with Crippen molar-refractivity contribution in [3.8, 4) is 0 Å². The Morgan fingerprint density at radius 1 is 1.36 bits per heavy atom. The fourth-order valence-corrected chi connectivity index (χ4v) is 2.82. The van der Waals surface area contributed by atoms with Crippen LogP contribution in [0.3, 0.4) is 0 Å². The number of aromatic nitrogens is 2. The van der Waals surface area contributed by atoms with Crippen LogP contribution >= 0.6 is 0 Å². The number of hydrogen-bond donors (Lipinski definition) is 3. The first kappa shape index (κ1) is 15.1. The molecule has 0 bridgehead atoms. The van der Waals surface area contributed by atoms with E-state index in [2.05, 4.69) is 21.3 Å². The molecule has 0 radical (unpaired) electrons. The maximum absolute atomic E-state index is 13.0. The summed E-state index contributed by atoms with van der Waals surface area (Å²) in [5.74, 6) is 0.240. The van der Waals surface area contributed by atoms with Gasteiger partial charge in [-0.25, -0.2) is 9.82 Å². The lowest BCUT2D eigenvalue weighted by Crippen LogP contribution is -2.30. The van der Waals surface area contributed by atoms with Crippen LogP contribution < -0.4 is 16.2 Å². The van der Waals surface area contributed by atoms with Gasteiger partial charge < -0.3 is 5.32 Å². The molecule has 5 nitrogen and oxygen atoms in total. The lowest BCUT2D eigenvalue weighted by Gasteiger charge is -2.19. The van der Waals surface area contributed by atoms with E-state index in [0.717, 1.165) is 31.7 Å². The smallest absolute Gasteiger partial charge is 0.123 e. The van der Waals surface area contributed by atoms with E-state index in [9.17, 15) is 4.39 Å². The summed E-state index contributed by atoms with van der Waals surface area (Å²) in [7, 11) is 0. The van der Waals surface area contributed by atoms with Crippen LogP contribution in [0.4, 0.5) is 4.39 Å². The zero-order valence-corrected chi connectivity index (χ0v) is 12.7. The first-order chi connectivity index (χ1) is 10.7. The average Bonchev–Trinajstić information content (AvgIpc) is 3.13. The first-order valence-electron chi connectivity index (χ1n) is 7.66. The fourth-order valence-electron chi connectivity index (χ4n) is 2.82. The van der Waals surface area contributed by atoms with Crippen LogP contribution in [0, 0.1) is 18.7 Å². The largest absolute Gasteiger partial charge is 0.314 e. The van der Waals surface area contributed by atoms with E-state index >= 15 is 0 Å². The third-order valence-electron chi connectivity index (χ3n) is 4.01. The van der Waals surface area contributed by atoms with Crippen molar-refractivity contribution in [2.75, 3.05) is 19.6 Å². The van der Waals surface area contributed by atoms with E-state index in [1.165, 1.54) is 17.7 Å². The van der Waals surface area contributed by atoms with Gasteiger partial charge in [-0.2, -0.15) is 5.10 Å². The monoisotopic (exact) mass is 303 g/mol. The van der Waals surface area contributed by atoms with Gasteiger partial charge in [0, 0.05) is 31.7 Å². The third-order valence-corrected chi connectivity index (χ3v) is 4.01. The number of benzene rings is 1. The van der Waals surface area contributed by atoms with Gasteiger partial charge in [-0.05, 0) is 30.2 Å². The van der Waals surface area contributed by atoms with Crippen LogP contribution in [0.1, 0.15) is 17.2 Å². The van der Waals surface area contributed by atoms with E-state index in [0.29, 0.717) is 5.92 Å². The number of nitrogens with one attached hydrogen (secondary N) is 3. The molecule has 0 saturated carbocycles. The normalized spacial score (nSPS) is 21.4. The van der Waals surface area contributed by atoms with Crippen molar-refractivity contribution in [1.29, 1.82) is 0 Å². The summed E-state index contributed by atoms with van der Waals surface area (Å²) >= 11 is 0. The molecular formula is C16H22FN5. The van der Waals surface area contributed by atoms with Gasteiger partial charge in [0.25, 0.3) is 0 Å². The standard InChI is InChI=1S/C16H22FN5/c1-12-8-20-22(11-12)7-6-18-9-14-10-19-21-16(14)13-2-4-15(17)5-3-13/h2-5,8,11,14,16,18-19,21H,6-7,9-10H2,1H3. The van der Waals surface area contributed by atoms with Crippen molar-refractivity contribution in [3.05, 3.63) is 53.6 Å². The third kappa shape index (κ3) is 3.71. The lowest BCUT2D eigenvalue weighted by molar-refractivity contribution is 0.431. The van der Waals surface area contributed by atoms with Gasteiger partial charge in [-0.3, -0.25) is 10.1 Å². The Kier molecular flexibility index (Phi) is 4.82. The molecule has 1 aromatic carbocycles. The predicted molar refractivity (Wildman–Crippen MR) is 83.6 cm³/mol. The number of rotatable bonds is 6. The SMILES string of the molecule is Cc1cnn(CCNCC2CNNC2c2ccc(F)cc2)c1. The summed E-state index contributed by atoms with van der Waals surface area (Å²) in [6.07, 6.45) is 3.91. The Balaban J connectivity index is 1.48. The molecule has 1 aliphatic rings. The minimum absolute atomic E-state index is 0.195. The molecule has 2 atom stereocenters. The molecule has 0 amide bonds. The van der Waals surface area contributed by atoms with E-state index in [1.807, 2.05) is 36.1 Å². The van der Waals surface area contributed by atoms with Crippen molar-refractivity contribution in [2.45, 2.75) is 19.5 Å². The summed E-state index contributed by atoms with van der Waals surface area (Å²) in [5.41, 5.74) is 8.76. The molecule has 118 valence electrons. The Labute approximate surface area is 129 Å². The first-order valence-corrected chi connectivity index (χ1v) is 7.66. The van der Waals surface area contributed by atoms with Crippen molar-refractivity contribution < 1.29 is 4.39 Å². The molecule has 3 N–H and O–H groups in total.